The first kappa shape index (κ1) is 25.9. The number of aromatic amines is 2. The molecule has 0 spiro atoms. The van der Waals surface area contributed by atoms with E-state index in [1.807, 2.05) is 55.3 Å². The standard InChI is InChI=1S/C27H26F3N5O2/c1-17(23-14-24(34-33-23)19-8-4-3-5-9-19)35(2)16-21-11-12-22(26(37)32-21)25(36)31-15-18-7-6-10-20(13-18)27(28,29)30/h3-14,17H,15-16H2,1-2H3,(H,31,36)(H,32,37)(H,33,34)/t17-/m1/s1. The van der Waals surface area contributed by atoms with Crippen LogP contribution < -0.4 is 10.9 Å². The number of H-pyrrole nitrogens is 2. The molecule has 1 atom stereocenters. The molecule has 0 saturated heterocycles. The van der Waals surface area contributed by atoms with E-state index in [4.69, 9.17) is 0 Å². The number of alkyl halides is 3. The number of hydrogen-bond donors (Lipinski definition) is 3. The van der Waals surface area contributed by atoms with Gasteiger partial charge in [-0.25, -0.2) is 0 Å². The quantitative estimate of drug-likeness (QED) is 0.315. The van der Waals surface area contributed by atoms with Crippen LogP contribution in [0.5, 0.6) is 0 Å². The van der Waals surface area contributed by atoms with Crippen molar-refractivity contribution in [2.24, 2.45) is 0 Å². The van der Waals surface area contributed by atoms with Crippen molar-refractivity contribution in [2.45, 2.75) is 32.2 Å². The molecule has 2 aromatic heterocycles. The highest BCUT2D eigenvalue weighted by atomic mass is 19.4. The Morgan fingerprint density at radius 3 is 2.51 bits per heavy atom. The largest absolute Gasteiger partial charge is 0.416 e. The van der Waals surface area contributed by atoms with Crippen LogP contribution in [0.15, 0.2) is 77.6 Å². The van der Waals surface area contributed by atoms with Crippen molar-refractivity contribution < 1.29 is 18.0 Å². The molecule has 0 saturated carbocycles. The van der Waals surface area contributed by atoms with Crippen molar-refractivity contribution in [1.29, 1.82) is 0 Å². The van der Waals surface area contributed by atoms with Gasteiger partial charge in [0.1, 0.15) is 5.56 Å². The molecule has 192 valence electrons. The maximum atomic E-state index is 12.9. The third-order valence-corrected chi connectivity index (χ3v) is 6.12. The summed E-state index contributed by atoms with van der Waals surface area (Å²) in [5.41, 5.74) is 2.15. The van der Waals surface area contributed by atoms with Crippen molar-refractivity contribution in [3.8, 4) is 11.3 Å². The molecule has 0 radical (unpaired) electrons. The predicted octanol–water partition coefficient (Wildman–Crippen LogP) is 4.91. The Bertz CT molecular complexity index is 1430. The number of rotatable bonds is 8. The van der Waals surface area contributed by atoms with E-state index in [1.165, 1.54) is 18.2 Å². The number of nitrogens with zero attached hydrogens (tertiary/aromatic N) is 2. The summed E-state index contributed by atoms with van der Waals surface area (Å²) in [5.74, 6) is -0.669. The number of carbonyl (C=O) groups is 1. The summed E-state index contributed by atoms with van der Waals surface area (Å²) in [6, 6.07) is 19.5. The fourth-order valence-electron chi connectivity index (χ4n) is 3.87. The molecule has 2 aromatic carbocycles. The monoisotopic (exact) mass is 509 g/mol. The summed E-state index contributed by atoms with van der Waals surface area (Å²) in [6.07, 6.45) is -4.47. The maximum Gasteiger partial charge on any atom is 0.416 e. The summed E-state index contributed by atoms with van der Waals surface area (Å²) >= 11 is 0. The third-order valence-electron chi connectivity index (χ3n) is 6.12. The Balaban J connectivity index is 1.37. The van der Waals surface area contributed by atoms with Gasteiger partial charge in [0.15, 0.2) is 0 Å². The Morgan fingerprint density at radius 1 is 1.05 bits per heavy atom. The van der Waals surface area contributed by atoms with Crippen LogP contribution in [0, 0.1) is 0 Å². The lowest BCUT2D eigenvalue weighted by Crippen LogP contribution is -2.30. The van der Waals surface area contributed by atoms with Gasteiger partial charge in [-0.15, -0.1) is 0 Å². The fraction of sp³-hybridized carbons (Fsp3) is 0.222. The van der Waals surface area contributed by atoms with Crippen molar-refractivity contribution in [3.05, 3.63) is 111 Å². The van der Waals surface area contributed by atoms with Crippen molar-refractivity contribution in [3.63, 3.8) is 0 Å². The van der Waals surface area contributed by atoms with E-state index in [2.05, 4.69) is 20.5 Å². The summed E-state index contributed by atoms with van der Waals surface area (Å²) < 4.78 is 38.7. The minimum absolute atomic E-state index is 0.0381. The smallest absolute Gasteiger partial charge is 0.348 e. The van der Waals surface area contributed by atoms with Gasteiger partial charge in [0.2, 0.25) is 0 Å². The number of hydrogen-bond acceptors (Lipinski definition) is 4. The molecule has 0 aliphatic rings. The molecule has 7 nitrogen and oxygen atoms in total. The molecule has 1 amide bonds. The predicted molar refractivity (Wildman–Crippen MR) is 134 cm³/mol. The fourth-order valence-corrected chi connectivity index (χ4v) is 3.87. The van der Waals surface area contributed by atoms with Crippen LogP contribution in [0.2, 0.25) is 0 Å². The third kappa shape index (κ3) is 6.34. The van der Waals surface area contributed by atoms with Crippen LogP contribution in [0.3, 0.4) is 0 Å². The summed E-state index contributed by atoms with van der Waals surface area (Å²) in [7, 11) is 1.90. The molecule has 10 heteroatoms. The highest BCUT2D eigenvalue weighted by Gasteiger charge is 2.30. The van der Waals surface area contributed by atoms with Gasteiger partial charge in [0.05, 0.1) is 17.0 Å². The number of halogens is 3. The number of nitrogens with one attached hydrogen (secondary N) is 3. The van der Waals surface area contributed by atoms with Crippen LogP contribution in [-0.2, 0) is 19.3 Å². The number of carbonyl (C=O) groups excluding carboxylic acids is 1. The number of benzene rings is 2. The molecular formula is C27H26F3N5O2. The molecule has 4 aromatic rings. The minimum Gasteiger partial charge on any atom is -0.348 e. The van der Waals surface area contributed by atoms with Crippen molar-refractivity contribution in [1.82, 2.24) is 25.4 Å². The molecule has 0 fully saturated rings. The van der Waals surface area contributed by atoms with Crippen LogP contribution in [0.25, 0.3) is 11.3 Å². The highest BCUT2D eigenvalue weighted by molar-refractivity contribution is 5.93. The van der Waals surface area contributed by atoms with Gasteiger partial charge < -0.3 is 10.3 Å². The van der Waals surface area contributed by atoms with E-state index >= 15 is 0 Å². The summed E-state index contributed by atoms with van der Waals surface area (Å²) in [4.78, 5) is 29.8. The SMILES string of the molecule is C[C@H](c1cc(-c2ccccc2)n[nH]1)N(C)Cc1ccc(C(=O)NCc2cccc(C(F)(F)F)c2)c(=O)[nH]1. The molecule has 3 N–H and O–H groups in total. The number of pyridine rings is 1. The molecule has 0 unspecified atom stereocenters. The normalized spacial score (nSPS) is 12.5. The Morgan fingerprint density at radius 2 is 1.81 bits per heavy atom. The molecule has 2 heterocycles. The van der Waals surface area contributed by atoms with Crippen LogP contribution in [-0.4, -0.2) is 33.0 Å². The van der Waals surface area contributed by atoms with Crippen LogP contribution in [0.4, 0.5) is 13.2 Å². The highest BCUT2D eigenvalue weighted by Crippen LogP contribution is 2.29. The van der Waals surface area contributed by atoms with Crippen molar-refractivity contribution in [2.75, 3.05) is 7.05 Å². The first-order chi connectivity index (χ1) is 17.6. The zero-order valence-electron chi connectivity index (χ0n) is 20.3. The Labute approximate surface area is 211 Å². The minimum atomic E-state index is -4.47. The van der Waals surface area contributed by atoms with Gasteiger partial charge >= 0.3 is 6.18 Å². The molecule has 4 rings (SSSR count). The van der Waals surface area contributed by atoms with E-state index in [-0.39, 0.29) is 23.7 Å². The molecule has 37 heavy (non-hydrogen) atoms. The second kappa shape index (κ2) is 10.8. The van der Waals surface area contributed by atoms with Gasteiger partial charge in [-0.1, -0.05) is 42.5 Å². The van der Waals surface area contributed by atoms with E-state index in [1.54, 1.807) is 6.07 Å². The Hall–Kier alpha value is -4.18. The lowest BCUT2D eigenvalue weighted by atomic mass is 10.1. The zero-order chi connectivity index (χ0) is 26.6. The zero-order valence-corrected chi connectivity index (χ0v) is 20.3. The first-order valence-corrected chi connectivity index (χ1v) is 11.6. The molecule has 0 aliphatic heterocycles. The van der Waals surface area contributed by atoms with Gasteiger partial charge in [0.25, 0.3) is 11.5 Å². The average molecular weight is 510 g/mol. The summed E-state index contributed by atoms with van der Waals surface area (Å²) in [6.45, 7) is 2.28. The summed E-state index contributed by atoms with van der Waals surface area (Å²) in [5, 5.41) is 9.96. The molecule has 0 aliphatic carbocycles. The topological polar surface area (TPSA) is 93.9 Å². The second-order valence-corrected chi connectivity index (χ2v) is 8.77. The molecular weight excluding hydrogens is 483 g/mol. The Kier molecular flexibility index (Phi) is 7.58. The van der Waals surface area contributed by atoms with E-state index < -0.39 is 23.2 Å². The van der Waals surface area contributed by atoms with Gasteiger partial charge in [-0.2, -0.15) is 18.3 Å². The van der Waals surface area contributed by atoms with Gasteiger partial charge in [-0.3, -0.25) is 19.6 Å². The van der Waals surface area contributed by atoms with Crippen molar-refractivity contribution >= 4 is 5.91 Å². The van der Waals surface area contributed by atoms with Gasteiger partial charge in [-0.05, 0) is 49.9 Å². The lowest BCUT2D eigenvalue weighted by Gasteiger charge is -2.23. The van der Waals surface area contributed by atoms with E-state index in [0.717, 1.165) is 29.1 Å². The van der Waals surface area contributed by atoms with E-state index in [9.17, 15) is 22.8 Å². The van der Waals surface area contributed by atoms with Crippen LogP contribution >= 0.6 is 0 Å². The first-order valence-electron chi connectivity index (χ1n) is 11.6. The average Bonchev–Trinajstić information content (AvgIpc) is 3.37. The van der Waals surface area contributed by atoms with E-state index in [0.29, 0.717) is 12.2 Å². The number of aromatic nitrogens is 3. The molecule has 0 bridgehead atoms. The second-order valence-electron chi connectivity index (χ2n) is 8.77. The van der Waals surface area contributed by atoms with Gasteiger partial charge in [0, 0.05) is 30.4 Å². The van der Waals surface area contributed by atoms with Crippen LogP contribution in [0.1, 0.15) is 45.8 Å². The lowest BCUT2D eigenvalue weighted by molar-refractivity contribution is -0.137. The maximum absolute atomic E-state index is 12.9. The number of amides is 1.